The van der Waals surface area contributed by atoms with Gasteiger partial charge in [0.2, 0.25) is 0 Å². The molecular formula is C17H26N2. The van der Waals surface area contributed by atoms with Crippen molar-refractivity contribution in [2.45, 2.75) is 40.5 Å². The van der Waals surface area contributed by atoms with Gasteiger partial charge in [-0.15, -0.1) is 0 Å². The largest absolute Gasteiger partial charge is 0.348 e. The third kappa shape index (κ3) is 2.69. The third-order valence-corrected chi connectivity index (χ3v) is 4.09. The van der Waals surface area contributed by atoms with Crippen LogP contribution in [0.25, 0.3) is 10.9 Å². The van der Waals surface area contributed by atoms with Gasteiger partial charge in [0.1, 0.15) is 0 Å². The second-order valence-corrected chi connectivity index (χ2v) is 5.56. The zero-order chi connectivity index (χ0) is 14.0. The van der Waals surface area contributed by atoms with Crippen LogP contribution in [0.15, 0.2) is 12.1 Å². The summed E-state index contributed by atoms with van der Waals surface area (Å²) in [5.74, 6) is 0. The Hall–Kier alpha value is -1.28. The topological polar surface area (TPSA) is 17.0 Å². The van der Waals surface area contributed by atoms with Crippen LogP contribution in [0.1, 0.15) is 35.7 Å². The molecule has 2 heteroatoms. The standard InChI is InChI=1S/C17H26N2/c1-6-18-9-7-8-15-14(4)19(5)16-11-12(2)10-13(3)17(15)16/h10-11,18H,6-9H2,1-5H3. The molecule has 0 aliphatic heterocycles. The predicted molar refractivity (Wildman–Crippen MR) is 84.0 cm³/mol. The van der Waals surface area contributed by atoms with E-state index in [-0.39, 0.29) is 0 Å². The number of fused-ring (bicyclic) bond motifs is 1. The smallest absolute Gasteiger partial charge is 0.0488 e. The SMILES string of the molecule is CCNCCCc1c(C)n(C)c2cc(C)cc(C)c12. The highest BCUT2D eigenvalue weighted by Crippen LogP contribution is 2.29. The summed E-state index contributed by atoms with van der Waals surface area (Å²) in [5.41, 5.74) is 7.10. The van der Waals surface area contributed by atoms with Gasteiger partial charge in [0.15, 0.2) is 0 Å². The van der Waals surface area contributed by atoms with Crippen molar-refractivity contribution in [2.24, 2.45) is 7.05 Å². The van der Waals surface area contributed by atoms with E-state index in [0.29, 0.717) is 0 Å². The van der Waals surface area contributed by atoms with E-state index in [4.69, 9.17) is 0 Å². The van der Waals surface area contributed by atoms with Crippen LogP contribution in [0, 0.1) is 20.8 Å². The highest BCUT2D eigenvalue weighted by atomic mass is 14.9. The fourth-order valence-corrected chi connectivity index (χ4v) is 3.04. The summed E-state index contributed by atoms with van der Waals surface area (Å²) in [4.78, 5) is 0. The molecule has 0 fully saturated rings. The molecule has 0 aliphatic rings. The van der Waals surface area contributed by atoms with Crippen LogP contribution in [0.4, 0.5) is 0 Å². The predicted octanol–water partition coefficient (Wildman–Crippen LogP) is 3.65. The van der Waals surface area contributed by atoms with Crippen LogP contribution in [0.5, 0.6) is 0 Å². The zero-order valence-corrected chi connectivity index (χ0v) is 12.9. The van der Waals surface area contributed by atoms with Gasteiger partial charge in [0.25, 0.3) is 0 Å². The van der Waals surface area contributed by atoms with E-state index in [1.807, 2.05) is 0 Å². The highest BCUT2D eigenvalue weighted by molar-refractivity contribution is 5.89. The van der Waals surface area contributed by atoms with E-state index >= 15 is 0 Å². The van der Waals surface area contributed by atoms with E-state index in [1.165, 1.54) is 46.1 Å². The number of rotatable bonds is 5. The molecule has 0 bridgehead atoms. The van der Waals surface area contributed by atoms with E-state index in [2.05, 4.69) is 56.8 Å². The molecule has 0 aliphatic carbocycles. The van der Waals surface area contributed by atoms with Crippen LogP contribution in [0.3, 0.4) is 0 Å². The molecule has 19 heavy (non-hydrogen) atoms. The second kappa shape index (κ2) is 5.79. The average molecular weight is 258 g/mol. The number of hydrogen-bond acceptors (Lipinski definition) is 1. The van der Waals surface area contributed by atoms with Gasteiger partial charge >= 0.3 is 0 Å². The van der Waals surface area contributed by atoms with Gasteiger partial charge in [-0.2, -0.15) is 0 Å². The summed E-state index contributed by atoms with van der Waals surface area (Å²) < 4.78 is 2.35. The highest BCUT2D eigenvalue weighted by Gasteiger charge is 2.13. The lowest BCUT2D eigenvalue weighted by Crippen LogP contribution is -2.14. The number of aryl methyl sites for hydroxylation is 4. The van der Waals surface area contributed by atoms with Crippen LogP contribution in [-0.4, -0.2) is 17.7 Å². The number of aromatic nitrogens is 1. The maximum atomic E-state index is 3.41. The fraction of sp³-hybridized carbons (Fsp3) is 0.529. The first kappa shape index (κ1) is 14.1. The molecule has 1 N–H and O–H groups in total. The molecule has 0 saturated heterocycles. The van der Waals surface area contributed by atoms with Crippen LogP contribution < -0.4 is 5.32 Å². The Labute approximate surface area is 116 Å². The van der Waals surface area contributed by atoms with Crippen LogP contribution in [-0.2, 0) is 13.5 Å². The lowest BCUT2D eigenvalue weighted by molar-refractivity contribution is 0.671. The molecule has 0 radical (unpaired) electrons. The van der Waals surface area contributed by atoms with E-state index in [0.717, 1.165) is 13.1 Å². The van der Waals surface area contributed by atoms with Gasteiger partial charge in [-0.05, 0) is 69.5 Å². The van der Waals surface area contributed by atoms with Crippen molar-refractivity contribution >= 4 is 10.9 Å². The van der Waals surface area contributed by atoms with Crippen LogP contribution in [0.2, 0.25) is 0 Å². The molecule has 0 saturated carbocycles. The number of benzene rings is 1. The fourth-order valence-electron chi connectivity index (χ4n) is 3.04. The lowest BCUT2D eigenvalue weighted by atomic mass is 10.0. The van der Waals surface area contributed by atoms with Crippen molar-refractivity contribution in [3.05, 3.63) is 34.5 Å². The van der Waals surface area contributed by atoms with Crippen molar-refractivity contribution in [1.29, 1.82) is 0 Å². The minimum atomic E-state index is 1.06. The molecule has 0 amide bonds. The first-order valence-corrected chi connectivity index (χ1v) is 7.32. The molecule has 1 aromatic heterocycles. The van der Waals surface area contributed by atoms with Crippen LogP contribution >= 0.6 is 0 Å². The van der Waals surface area contributed by atoms with Gasteiger partial charge in [-0.25, -0.2) is 0 Å². The van der Waals surface area contributed by atoms with Crippen molar-refractivity contribution < 1.29 is 0 Å². The van der Waals surface area contributed by atoms with E-state index in [1.54, 1.807) is 0 Å². The van der Waals surface area contributed by atoms with Crippen molar-refractivity contribution in [3.8, 4) is 0 Å². The Morgan fingerprint density at radius 3 is 2.58 bits per heavy atom. The first-order chi connectivity index (χ1) is 9.06. The quantitative estimate of drug-likeness (QED) is 0.810. The van der Waals surface area contributed by atoms with E-state index in [9.17, 15) is 0 Å². The number of nitrogens with one attached hydrogen (secondary N) is 1. The van der Waals surface area contributed by atoms with Gasteiger partial charge < -0.3 is 9.88 Å². The lowest BCUT2D eigenvalue weighted by Gasteiger charge is -2.05. The van der Waals surface area contributed by atoms with Gasteiger partial charge in [0, 0.05) is 23.6 Å². The van der Waals surface area contributed by atoms with Gasteiger partial charge in [-0.3, -0.25) is 0 Å². The normalized spacial score (nSPS) is 11.4. The maximum Gasteiger partial charge on any atom is 0.0488 e. The molecule has 2 aromatic rings. The summed E-state index contributed by atoms with van der Waals surface area (Å²) in [5, 5.41) is 4.88. The summed E-state index contributed by atoms with van der Waals surface area (Å²) in [6.45, 7) is 11.0. The Kier molecular flexibility index (Phi) is 4.31. The molecule has 104 valence electrons. The van der Waals surface area contributed by atoms with Crippen molar-refractivity contribution in [1.82, 2.24) is 9.88 Å². The monoisotopic (exact) mass is 258 g/mol. The molecule has 0 unspecified atom stereocenters. The molecule has 1 aromatic carbocycles. The average Bonchev–Trinajstić information content (AvgIpc) is 2.60. The van der Waals surface area contributed by atoms with E-state index < -0.39 is 0 Å². The molecule has 0 atom stereocenters. The summed E-state index contributed by atoms with van der Waals surface area (Å²) >= 11 is 0. The van der Waals surface area contributed by atoms with Crippen molar-refractivity contribution in [3.63, 3.8) is 0 Å². The maximum absolute atomic E-state index is 3.41. The molecule has 1 heterocycles. The number of hydrogen-bond donors (Lipinski definition) is 1. The Morgan fingerprint density at radius 1 is 1.16 bits per heavy atom. The Morgan fingerprint density at radius 2 is 1.89 bits per heavy atom. The minimum absolute atomic E-state index is 1.06. The molecule has 2 rings (SSSR count). The number of nitrogens with zero attached hydrogens (tertiary/aromatic N) is 1. The van der Waals surface area contributed by atoms with Gasteiger partial charge in [-0.1, -0.05) is 13.0 Å². The molecular weight excluding hydrogens is 232 g/mol. The summed E-state index contributed by atoms with van der Waals surface area (Å²) in [6, 6.07) is 4.61. The second-order valence-electron chi connectivity index (χ2n) is 5.56. The zero-order valence-electron chi connectivity index (χ0n) is 12.9. The van der Waals surface area contributed by atoms with Gasteiger partial charge in [0.05, 0.1) is 0 Å². The Bertz CT molecular complexity index is 579. The molecule has 0 spiro atoms. The van der Waals surface area contributed by atoms with Crippen molar-refractivity contribution in [2.75, 3.05) is 13.1 Å². The molecule has 2 nitrogen and oxygen atoms in total. The third-order valence-electron chi connectivity index (χ3n) is 4.09. The minimum Gasteiger partial charge on any atom is -0.348 e. The Balaban J connectivity index is 2.40. The summed E-state index contributed by atoms with van der Waals surface area (Å²) in [6.07, 6.45) is 2.38. The first-order valence-electron chi connectivity index (χ1n) is 7.32. The summed E-state index contributed by atoms with van der Waals surface area (Å²) in [7, 11) is 2.18.